The topological polar surface area (TPSA) is 66.9 Å². The first-order valence-electron chi connectivity index (χ1n) is 6.53. The lowest BCUT2D eigenvalue weighted by molar-refractivity contribution is -0.125. The Bertz CT molecular complexity index is 445. The van der Waals surface area contributed by atoms with Crippen LogP contribution < -0.4 is 10.6 Å². The van der Waals surface area contributed by atoms with E-state index in [1.807, 2.05) is 6.92 Å². The van der Waals surface area contributed by atoms with Crippen LogP contribution in [0.4, 0.5) is 0 Å². The molecule has 96 valence electrons. The first kappa shape index (κ1) is 11.6. The van der Waals surface area contributed by atoms with E-state index in [4.69, 9.17) is 0 Å². The summed E-state index contributed by atoms with van der Waals surface area (Å²) in [5, 5.41) is 6.44. The summed E-state index contributed by atoms with van der Waals surface area (Å²) in [6, 6.07) is 0.948. The van der Waals surface area contributed by atoms with Crippen LogP contribution in [0.5, 0.6) is 0 Å². The third-order valence-electron chi connectivity index (χ3n) is 3.91. The van der Waals surface area contributed by atoms with Gasteiger partial charge in [0.25, 0.3) is 0 Å². The lowest BCUT2D eigenvalue weighted by atomic mass is 9.88. The summed E-state index contributed by atoms with van der Waals surface area (Å²) < 4.78 is 0. The van der Waals surface area contributed by atoms with E-state index < -0.39 is 0 Å². The van der Waals surface area contributed by atoms with E-state index in [1.54, 1.807) is 12.4 Å². The number of aryl methyl sites for hydroxylation is 1. The van der Waals surface area contributed by atoms with Gasteiger partial charge in [0.05, 0.1) is 30.0 Å². The van der Waals surface area contributed by atoms with Gasteiger partial charge in [-0.1, -0.05) is 0 Å². The molecule has 1 amide bonds. The molecule has 3 atom stereocenters. The van der Waals surface area contributed by atoms with E-state index in [9.17, 15) is 4.79 Å². The van der Waals surface area contributed by atoms with Crippen LogP contribution in [0.25, 0.3) is 0 Å². The second kappa shape index (κ2) is 4.65. The molecule has 1 aromatic heterocycles. The summed E-state index contributed by atoms with van der Waals surface area (Å²) in [7, 11) is 0. The molecule has 1 aromatic rings. The van der Waals surface area contributed by atoms with Crippen LogP contribution in [0, 0.1) is 12.8 Å². The van der Waals surface area contributed by atoms with Crippen molar-refractivity contribution in [3.63, 3.8) is 0 Å². The van der Waals surface area contributed by atoms with Gasteiger partial charge in [0, 0.05) is 18.3 Å². The number of hydrogen-bond acceptors (Lipinski definition) is 4. The molecule has 2 bridgehead atoms. The molecule has 2 aliphatic rings. The number of carbonyl (C=O) groups is 1. The molecule has 0 saturated carbocycles. The highest BCUT2D eigenvalue weighted by Gasteiger charge is 2.42. The van der Waals surface area contributed by atoms with Crippen molar-refractivity contribution in [3.8, 4) is 0 Å². The number of nitrogens with zero attached hydrogens (tertiary/aromatic N) is 2. The van der Waals surface area contributed by atoms with Gasteiger partial charge in [0.15, 0.2) is 0 Å². The molecule has 0 radical (unpaired) electrons. The van der Waals surface area contributed by atoms with Gasteiger partial charge in [0.1, 0.15) is 0 Å². The Labute approximate surface area is 106 Å². The molecule has 3 rings (SSSR count). The first-order chi connectivity index (χ1) is 8.72. The molecule has 2 fully saturated rings. The molecule has 5 nitrogen and oxygen atoms in total. The Morgan fingerprint density at radius 2 is 2.33 bits per heavy atom. The first-order valence-corrected chi connectivity index (χ1v) is 6.53. The molecule has 3 unspecified atom stereocenters. The average molecular weight is 246 g/mol. The molecule has 5 heteroatoms. The number of carbonyl (C=O) groups excluding carboxylic acids is 1. The van der Waals surface area contributed by atoms with Crippen molar-refractivity contribution < 1.29 is 4.79 Å². The molecule has 0 aromatic carbocycles. The summed E-state index contributed by atoms with van der Waals surface area (Å²) in [4.78, 5) is 20.5. The molecule has 2 N–H and O–H groups in total. The highest BCUT2D eigenvalue weighted by Crippen LogP contribution is 2.33. The van der Waals surface area contributed by atoms with E-state index >= 15 is 0 Å². The van der Waals surface area contributed by atoms with Gasteiger partial charge in [-0.05, 0) is 26.2 Å². The van der Waals surface area contributed by atoms with Crippen LogP contribution in [-0.2, 0) is 11.3 Å². The fraction of sp³-hybridized carbons (Fsp3) is 0.615. The maximum atomic E-state index is 12.1. The maximum Gasteiger partial charge on any atom is 0.225 e. The Balaban J connectivity index is 1.54. The SMILES string of the molecule is Cc1cnc(CNC(=O)C2CC3CCC2N3)cn1. The summed E-state index contributed by atoms with van der Waals surface area (Å²) >= 11 is 0. The smallest absolute Gasteiger partial charge is 0.225 e. The second-order valence-corrected chi connectivity index (χ2v) is 5.26. The van der Waals surface area contributed by atoms with Crippen LogP contribution in [0.1, 0.15) is 30.7 Å². The van der Waals surface area contributed by atoms with Gasteiger partial charge < -0.3 is 10.6 Å². The molecule has 0 spiro atoms. The Kier molecular flexibility index (Phi) is 2.99. The lowest BCUT2D eigenvalue weighted by Gasteiger charge is -2.19. The number of aromatic nitrogens is 2. The normalized spacial score (nSPS) is 29.5. The number of hydrogen-bond donors (Lipinski definition) is 2. The highest BCUT2D eigenvalue weighted by molar-refractivity contribution is 5.80. The third kappa shape index (κ3) is 2.22. The maximum absolute atomic E-state index is 12.1. The standard InChI is InChI=1S/C13H18N4O/c1-8-5-15-10(6-14-8)7-16-13(18)11-4-9-2-3-12(11)17-9/h5-6,9,11-12,17H,2-4,7H2,1H3,(H,16,18). The number of amides is 1. The molecule has 0 aliphatic carbocycles. The third-order valence-corrected chi connectivity index (χ3v) is 3.91. The minimum Gasteiger partial charge on any atom is -0.350 e. The monoisotopic (exact) mass is 246 g/mol. The van der Waals surface area contributed by atoms with Crippen molar-refractivity contribution in [1.82, 2.24) is 20.6 Å². The zero-order chi connectivity index (χ0) is 12.5. The van der Waals surface area contributed by atoms with Gasteiger partial charge in [-0.2, -0.15) is 0 Å². The molecule has 18 heavy (non-hydrogen) atoms. The number of nitrogens with one attached hydrogen (secondary N) is 2. The van der Waals surface area contributed by atoms with E-state index in [0.717, 1.165) is 24.2 Å². The van der Waals surface area contributed by atoms with E-state index in [2.05, 4.69) is 20.6 Å². The van der Waals surface area contributed by atoms with Crippen molar-refractivity contribution in [2.45, 2.75) is 44.8 Å². The van der Waals surface area contributed by atoms with E-state index in [0.29, 0.717) is 18.6 Å². The minimum absolute atomic E-state index is 0.141. The fourth-order valence-electron chi connectivity index (χ4n) is 2.93. The minimum atomic E-state index is 0.141. The summed E-state index contributed by atoms with van der Waals surface area (Å²) in [6.07, 6.45) is 6.77. The zero-order valence-electron chi connectivity index (χ0n) is 10.5. The van der Waals surface area contributed by atoms with Gasteiger partial charge in [-0.3, -0.25) is 14.8 Å². The Morgan fingerprint density at radius 3 is 2.94 bits per heavy atom. The van der Waals surface area contributed by atoms with Gasteiger partial charge in [0.2, 0.25) is 5.91 Å². The molecular weight excluding hydrogens is 228 g/mol. The molecule has 2 aliphatic heterocycles. The van der Waals surface area contributed by atoms with Gasteiger partial charge >= 0.3 is 0 Å². The molecular formula is C13H18N4O. The fourth-order valence-corrected chi connectivity index (χ4v) is 2.93. The lowest BCUT2D eigenvalue weighted by Crippen LogP contribution is -2.37. The molecule has 2 saturated heterocycles. The van der Waals surface area contributed by atoms with Crippen LogP contribution in [0.2, 0.25) is 0 Å². The predicted octanol–water partition coefficient (Wildman–Crippen LogP) is 0.542. The van der Waals surface area contributed by atoms with Crippen molar-refractivity contribution in [2.24, 2.45) is 5.92 Å². The predicted molar refractivity (Wildman–Crippen MR) is 66.7 cm³/mol. The van der Waals surface area contributed by atoms with Crippen LogP contribution >= 0.6 is 0 Å². The van der Waals surface area contributed by atoms with Gasteiger partial charge in [-0.25, -0.2) is 0 Å². The van der Waals surface area contributed by atoms with Crippen LogP contribution in [0.3, 0.4) is 0 Å². The molecule has 3 heterocycles. The Morgan fingerprint density at radius 1 is 1.44 bits per heavy atom. The highest BCUT2D eigenvalue weighted by atomic mass is 16.1. The van der Waals surface area contributed by atoms with Crippen LogP contribution in [0.15, 0.2) is 12.4 Å². The number of rotatable bonds is 3. The van der Waals surface area contributed by atoms with Crippen LogP contribution in [-0.4, -0.2) is 28.0 Å². The Hall–Kier alpha value is -1.49. The summed E-state index contributed by atoms with van der Waals surface area (Å²) in [5.41, 5.74) is 1.70. The quantitative estimate of drug-likeness (QED) is 0.817. The zero-order valence-corrected chi connectivity index (χ0v) is 10.5. The van der Waals surface area contributed by atoms with Crippen molar-refractivity contribution in [1.29, 1.82) is 0 Å². The average Bonchev–Trinajstić information content (AvgIpc) is 3.00. The largest absolute Gasteiger partial charge is 0.350 e. The van der Waals surface area contributed by atoms with Crippen molar-refractivity contribution in [2.75, 3.05) is 0 Å². The van der Waals surface area contributed by atoms with Crippen molar-refractivity contribution in [3.05, 3.63) is 23.8 Å². The summed E-state index contributed by atoms with van der Waals surface area (Å²) in [5.74, 6) is 0.291. The van der Waals surface area contributed by atoms with E-state index in [1.165, 1.54) is 6.42 Å². The summed E-state index contributed by atoms with van der Waals surface area (Å²) in [6.45, 7) is 2.37. The second-order valence-electron chi connectivity index (χ2n) is 5.26. The van der Waals surface area contributed by atoms with Crippen molar-refractivity contribution >= 4 is 5.91 Å². The van der Waals surface area contributed by atoms with E-state index in [-0.39, 0.29) is 11.8 Å². The number of fused-ring (bicyclic) bond motifs is 2. The van der Waals surface area contributed by atoms with Gasteiger partial charge in [-0.15, -0.1) is 0 Å².